The molecule has 1 amide bonds. The van der Waals surface area contributed by atoms with Crippen LogP contribution in [0.5, 0.6) is 5.88 Å². The topological polar surface area (TPSA) is 80.7 Å². The van der Waals surface area contributed by atoms with Crippen LogP contribution in [-0.2, 0) is 4.74 Å². The zero-order chi connectivity index (χ0) is 21.6. The Bertz CT molecular complexity index is 822. The van der Waals surface area contributed by atoms with Crippen LogP contribution in [0.2, 0.25) is 5.02 Å². The number of halogens is 2. The molecule has 2 N–H and O–H groups in total. The molecule has 0 saturated heterocycles. The fraction of sp³-hybridized carbons (Fsp3) is 0.429. The average molecular weight is 533 g/mol. The molecule has 0 aliphatic carbocycles. The second-order valence-corrected chi connectivity index (χ2v) is 9.33. The van der Waals surface area contributed by atoms with Gasteiger partial charge in [0.2, 0.25) is 5.88 Å². The number of ether oxygens (including phenoxy) is 2. The number of aromatic nitrogens is 1. The van der Waals surface area contributed by atoms with Crippen LogP contribution in [0.25, 0.3) is 11.1 Å². The third kappa shape index (κ3) is 6.80. The van der Waals surface area contributed by atoms with Crippen LogP contribution in [-0.4, -0.2) is 46.5 Å². The molecule has 2 atom stereocenters. The molecule has 29 heavy (non-hydrogen) atoms. The molecule has 2 aromatic rings. The van der Waals surface area contributed by atoms with Gasteiger partial charge in [-0.05, 0) is 51.8 Å². The number of benzene rings is 1. The molecule has 2 rings (SSSR count). The molecular weight excluding hydrogens is 507 g/mol. The first-order valence-electron chi connectivity index (χ1n) is 9.14. The van der Waals surface area contributed by atoms with Gasteiger partial charge in [0.1, 0.15) is 10.7 Å². The maximum Gasteiger partial charge on any atom is 0.253 e. The lowest BCUT2D eigenvalue weighted by molar-refractivity contribution is 0.0829. The number of hydrogen-bond acceptors (Lipinski definition) is 5. The van der Waals surface area contributed by atoms with Gasteiger partial charge in [-0.25, -0.2) is 4.98 Å². The van der Waals surface area contributed by atoms with Crippen molar-refractivity contribution in [2.45, 2.75) is 30.9 Å². The van der Waals surface area contributed by atoms with Gasteiger partial charge in [-0.3, -0.25) is 4.79 Å². The Labute approximate surface area is 190 Å². The number of nitrogens with zero attached hydrogens (tertiary/aromatic N) is 1. The molecule has 1 aromatic carbocycles. The van der Waals surface area contributed by atoms with Gasteiger partial charge in [-0.15, -0.1) is 0 Å². The van der Waals surface area contributed by atoms with Crippen molar-refractivity contribution in [2.75, 3.05) is 20.3 Å². The molecule has 0 saturated carbocycles. The number of pyridine rings is 1. The molecule has 1 unspecified atom stereocenters. The Morgan fingerprint density at radius 1 is 1.28 bits per heavy atom. The van der Waals surface area contributed by atoms with Gasteiger partial charge >= 0.3 is 0 Å². The summed E-state index contributed by atoms with van der Waals surface area (Å²) in [5, 5.41) is 13.6. The molecule has 0 aliphatic rings. The number of carbonyl (C=O) groups excluding carboxylic acids is 1. The molecule has 0 bridgehead atoms. The molecule has 1 aromatic heterocycles. The minimum Gasteiger partial charge on any atom is -0.475 e. The first kappa shape index (κ1) is 23.9. The van der Waals surface area contributed by atoms with Crippen molar-refractivity contribution in [1.29, 1.82) is 0 Å². The molecule has 0 fully saturated rings. The highest BCUT2D eigenvalue weighted by Gasteiger charge is 2.31. The minimum absolute atomic E-state index is 0.313. The van der Waals surface area contributed by atoms with Crippen molar-refractivity contribution < 1.29 is 19.4 Å². The van der Waals surface area contributed by atoms with Gasteiger partial charge in [0.05, 0.1) is 18.2 Å². The van der Waals surface area contributed by atoms with Crippen molar-refractivity contribution in [3.8, 4) is 17.0 Å². The van der Waals surface area contributed by atoms with E-state index >= 15 is 0 Å². The van der Waals surface area contributed by atoms with Gasteiger partial charge in [-0.2, -0.15) is 0 Å². The van der Waals surface area contributed by atoms with E-state index in [1.54, 1.807) is 25.3 Å². The van der Waals surface area contributed by atoms with E-state index in [0.717, 1.165) is 5.56 Å². The fourth-order valence-electron chi connectivity index (χ4n) is 2.67. The number of amides is 1. The van der Waals surface area contributed by atoms with E-state index in [-0.39, 0.29) is 11.3 Å². The van der Waals surface area contributed by atoms with Crippen molar-refractivity contribution in [1.82, 2.24) is 10.3 Å². The Kier molecular flexibility index (Phi) is 8.69. The molecule has 0 aliphatic heterocycles. The van der Waals surface area contributed by atoms with Gasteiger partial charge < -0.3 is 19.9 Å². The highest BCUT2D eigenvalue weighted by atomic mass is 127. The highest BCUT2D eigenvalue weighted by molar-refractivity contribution is 14.1. The van der Waals surface area contributed by atoms with Crippen molar-refractivity contribution in [3.63, 3.8) is 0 Å². The smallest absolute Gasteiger partial charge is 0.253 e. The zero-order valence-corrected chi connectivity index (χ0v) is 19.8. The second kappa shape index (κ2) is 10.6. The molecule has 0 radical (unpaired) electrons. The number of nitrogens with one attached hydrogen (secondary N) is 1. The predicted molar refractivity (Wildman–Crippen MR) is 123 cm³/mol. The van der Waals surface area contributed by atoms with Crippen LogP contribution in [0.1, 0.15) is 31.1 Å². The van der Waals surface area contributed by atoms with Gasteiger partial charge in [0, 0.05) is 23.9 Å². The van der Waals surface area contributed by atoms with E-state index in [1.807, 2.05) is 55.5 Å². The standard InChI is InChI=1S/C21H26ClIN2O4/c1-21(2,3)17(18(23)26)25-19(27)14-11-16(13-5-7-15(22)8-6-13)20(24-12-14)29-10-9-28-4/h5-8,11-12,17-18,26H,9-10H2,1-4H3,(H,25,27)/t17-,18?/m1/s1. The monoisotopic (exact) mass is 532 g/mol. The van der Waals surface area contributed by atoms with Gasteiger partial charge in [-0.1, -0.05) is 44.5 Å². The van der Waals surface area contributed by atoms with Crippen molar-refractivity contribution >= 4 is 40.1 Å². The summed E-state index contributed by atoms with van der Waals surface area (Å²) in [5.41, 5.74) is 1.56. The van der Waals surface area contributed by atoms with Gasteiger partial charge in [0.15, 0.2) is 0 Å². The normalized spacial score (nSPS) is 13.6. The maximum atomic E-state index is 12.9. The van der Waals surface area contributed by atoms with Crippen LogP contribution in [0.4, 0.5) is 0 Å². The Hall–Kier alpha value is -1.42. The lowest BCUT2D eigenvalue weighted by atomic mass is 9.87. The van der Waals surface area contributed by atoms with Gasteiger partial charge in [0.25, 0.3) is 5.91 Å². The largest absolute Gasteiger partial charge is 0.475 e. The summed E-state index contributed by atoms with van der Waals surface area (Å²) < 4.78 is 10.0. The molecular formula is C21H26ClIN2O4. The van der Waals surface area contributed by atoms with Crippen LogP contribution in [0, 0.1) is 5.41 Å². The molecule has 158 valence electrons. The summed E-state index contributed by atoms with van der Waals surface area (Å²) in [6.45, 7) is 6.64. The van der Waals surface area contributed by atoms with E-state index in [0.29, 0.717) is 35.2 Å². The van der Waals surface area contributed by atoms with Crippen LogP contribution in [0.15, 0.2) is 36.5 Å². The minimum atomic E-state index is -0.725. The second-order valence-electron chi connectivity index (χ2n) is 7.61. The summed E-state index contributed by atoms with van der Waals surface area (Å²) in [5.74, 6) is 0.0917. The highest BCUT2D eigenvalue weighted by Crippen LogP contribution is 2.31. The third-order valence-corrected chi connectivity index (χ3v) is 5.26. The molecule has 6 nitrogen and oxygen atoms in total. The quantitative estimate of drug-likeness (QED) is 0.301. The van der Waals surface area contributed by atoms with E-state index < -0.39 is 10.2 Å². The van der Waals surface area contributed by atoms with E-state index in [4.69, 9.17) is 21.1 Å². The molecule has 1 heterocycles. The number of methoxy groups -OCH3 is 1. The first-order valence-corrected chi connectivity index (χ1v) is 10.8. The van der Waals surface area contributed by atoms with Crippen LogP contribution in [0.3, 0.4) is 0 Å². The number of rotatable bonds is 8. The zero-order valence-electron chi connectivity index (χ0n) is 16.9. The van der Waals surface area contributed by atoms with Crippen LogP contribution < -0.4 is 10.1 Å². The van der Waals surface area contributed by atoms with Crippen LogP contribution >= 0.6 is 34.2 Å². The molecule has 8 heteroatoms. The summed E-state index contributed by atoms with van der Waals surface area (Å²) in [4.78, 5) is 17.2. The SMILES string of the molecule is COCCOc1ncc(C(=O)N[C@H](C(O)I)C(C)(C)C)cc1-c1ccc(Cl)cc1. The number of alkyl halides is 1. The maximum absolute atomic E-state index is 12.9. The first-order chi connectivity index (χ1) is 13.6. The summed E-state index contributed by atoms with van der Waals surface area (Å²) in [6, 6.07) is 8.53. The lowest BCUT2D eigenvalue weighted by Gasteiger charge is -2.32. The number of carbonyl (C=O) groups is 1. The van der Waals surface area contributed by atoms with E-state index in [2.05, 4.69) is 10.3 Å². The fourth-order valence-corrected chi connectivity index (χ4v) is 4.06. The number of aliphatic hydroxyl groups is 1. The average Bonchev–Trinajstić information content (AvgIpc) is 2.66. The van der Waals surface area contributed by atoms with Crippen molar-refractivity contribution in [2.24, 2.45) is 5.41 Å². The lowest BCUT2D eigenvalue weighted by Crippen LogP contribution is -2.49. The Morgan fingerprint density at radius 3 is 2.48 bits per heavy atom. The summed E-state index contributed by atoms with van der Waals surface area (Å²) in [7, 11) is 1.59. The predicted octanol–water partition coefficient (Wildman–Crippen LogP) is 4.33. The van der Waals surface area contributed by atoms with E-state index in [1.165, 1.54) is 6.20 Å². The third-order valence-electron chi connectivity index (χ3n) is 4.29. The Morgan fingerprint density at radius 2 is 1.93 bits per heavy atom. The van der Waals surface area contributed by atoms with Crippen molar-refractivity contribution in [3.05, 3.63) is 47.1 Å². The van der Waals surface area contributed by atoms with E-state index in [9.17, 15) is 9.90 Å². The summed E-state index contributed by atoms with van der Waals surface area (Å²) in [6.07, 6.45) is 1.47. The number of hydrogen-bond donors (Lipinski definition) is 2. The summed E-state index contributed by atoms with van der Waals surface area (Å²) >= 11 is 7.91. The molecule has 0 spiro atoms. The Balaban J connectivity index is 2.36. The number of aliphatic hydroxyl groups excluding tert-OH is 1.